The topological polar surface area (TPSA) is 78.7 Å². The molecule has 1 fully saturated rings. The number of halogens is 1. The van der Waals surface area contributed by atoms with Gasteiger partial charge in [0.25, 0.3) is 5.91 Å². The van der Waals surface area contributed by atoms with Crippen molar-refractivity contribution in [2.75, 3.05) is 26.2 Å². The number of aromatic nitrogens is 2. The normalized spacial score (nSPS) is 15.4. The first-order valence-electron chi connectivity index (χ1n) is 7.97. The molecule has 0 aliphatic carbocycles. The molecule has 1 saturated heterocycles. The molecular formula is C17H19ClN4O3. The minimum Gasteiger partial charge on any atom is -0.478 e. The number of aromatic carboxylic acids is 1. The van der Waals surface area contributed by atoms with Gasteiger partial charge in [-0.05, 0) is 17.7 Å². The SMILES string of the molecule is Cn1cc(C(=O)O)c(C(=O)N2CCN(Cc3ccc(Cl)cc3)CC2)n1. The summed E-state index contributed by atoms with van der Waals surface area (Å²) in [4.78, 5) is 27.8. The molecule has 0 bridgehead atoms. The second kappa shape index (κ2) is 7.25. The number of nitrogens with zero attached hydrogens (tertiary/aromatic N) is 4. The van der Waals surface area contributed by atoms with Crippen molar-refractivity contribution in [3.8, 4) is 0 Å². The summed E-state index contributed by atoms with van der Waals surface area (Å²) < 4.78 is 1.35. The van der Waals surface area contributed by atoms with Crippen LogP contribution in [-0.2, 0) is 13.6 Å². The molecule has 1 aromatic heterocycles. The Morgan fingerprint density at radius 3 is 2.40 bits per heavy atom. The number of carboxylic acid groups (broad SMARTS) is 1. The predicted molar refractivity (Wildman–Crippen MR) is 92.8 cm³/mol. The van der Waals surface area contributed by atoms with Gasteiger partial charge in [0.05, 0.1) is 0 Å². The summed E-state index contributed by atoms with van der Waals surface area (Å²) in [6.45, 7) is 3.33. The Bertz CT molecular complexity index is 780. The van der Waals surface area contributed by atoms with Crippen LogP contribution >= 0.6 is 11.6 Å². The number of carbonyl (C=O) groups excluding carboxylic acids is 1. The van der Waals surface area contributed by atoms with Crippen LogP contribution in [-0.4, -0.2) is 62.7 Å². The Morgan fingerprint density at radius 1 is 1.16 bits per heavy atom. The smallest absolute Gasteiger partial charge is 0.339 e. The van der Waals surface area contributed by atoms with Gasteiger partial charge in [0.2, 0.25) is 0 Å². The van der Waals surface area contributed by atoms with Crippen molar-refractivity contribution in [2.45, 2.75) is 6.54 Å². The summed E-state index contributed by atoms with van der Waals surface area (Å²) in [6.07, 6.45) is 1.35. The Kier molecular flexibility index (Phi) is 5.06. The number of rotatable bonds is 4. The van der Waals surface area contributed by atoms with E-state index in [9.17, 15) is 14.7 Å². The lowest BCUT2D eigenvalue weighted by atomic mass is 10.2. The molecule has 25 heavy (non-hydrogen) atoms. The molecule has 0 radical (unpaired) electrons. The lowest BCUT2D eigenvalue weighted by Crippen LogP contribution is -2.48. The van der Waals surface area contributed by atoms with E-state index in [1.807, 2.05) is 24.3 Å². The van der Waals surface area contributed by atoms with E-state index in [0.29, 0.717) is 18.1 Å². The number of amides is 1. The van der Waals surface area contributed by atoms with Crippen LogP contribution in [0, 0.1) is 0 Å². The van der Waals surface area contributed by atoms with Gasteiger partial charge in [0, 0.05) is 51.0 Å². The molecule has 8 heteroatoms. The fourth-order valence-electron chi connectivity index (χ4n) is 2.91. The number of carboxylic acids is 1. The zero-order valence-electron chi connectivity index (χ0n) is 13.9. The molecule has 2 heterocycles. The number of aryl methyl sites for hydroxylation is 1. The maximum absolute atomic E-state index is 12.6. The molecular weight excluding hydrogens is 344 g/mol. The number of benzene rings is 1. The average molecular weight is 363 g/mol. The highest BCUT2D eigenvalue weighted by atomic mass is 35.5. The monoisotopic (exact) mass is 362 g/mol. The summed E-state index contributed by atoms with van der Waals surface area (Å²) >= 11 is 5.90. The lowest BCUT2D eigenvalue weighted by molar-refractivity contribution is 0.0604. The first kappa shape index (κ1) is 17.4. The van der Waals surface area contributed by atoms with Crippen molar-refractivity contribution in [2.24, 2.45) is 7.05 Å². The number of hydrogen-bond acceptors (Lipinski definition) is 4. The van der Waals surface area contributed by atoms with Gasteiger partial charge in [-0.2, -0.15) is 5.10 Å². The molecule has 1 aliphatic rings. The van der Waals surface area contributed by atoms with Crippen molar-refractivity contribution in [1.82, 2.24) is 19.6 Å². The molecule has 1 N–H and O–H groups in total. The van der Waals surface area contributed by atoms with Crippen LogP contribution in [0.2, 0.25) is 5.02 Å². The van der Waals surface area contributed by atoms with Gasteiger partial charge in [-0.1, -0.05) is 23.7 Å². The van der Waals surface area contributed by atoms with Crippen molar-refractivity contribution in [3.63, 3.8) is 0 Å². The van der Waals surface area contributed by atoms with E-state index in [4.69, 9.17) is 11.6 Å². The second-order valence-corrected chi connectivity index (χ2v) is 6.50. The van der Waals surface area contributed by atoms with E-state index in [-0.39, 0.29) is 17.2 Å². The van der Waals surface area contributed by atoms with E-state index in [0.717, 1.165) is 19.6 Å². The van der Waals surface area contributed by atoms with Crippen LogP contribution in [0.1, 0.15) is 26.4 Å². The number of piperazine rings is 1. The lowest BCUT2D eigenvalue weighted by Gasteiger charge is -2.34. The Balaban J connectivity index is 1.61. The van der Waals surface area contributed by atoms with E-state index in [1.165, 1.54) is 16.4 Å². The van der Waals surface area contributed by atoms with Crippen molar-refractivity contribution < 1.29 is 14.7 Å². The fraction of sp³-hybridized carbons (Fsp3) is 0.353. The Morgan fingerprint density at radius 2 is 1.80 bits per heavy atom. The third-order valence-electron chi connectivity index (χ3n) is 4.24. The molecule has 132 valence electrons. The zero-order chi connectivity index (χ0) is 18.0. The Hall–Kier alpha value is -2.38. The third-order valence-corrected chi connectivity index (χ3v) is 4.49. The zero-order valence-corrected chi connectivity index (χ0v) is 14.6. The first-order valence-corrected chi connectivity index (χ1v) is 8.35. The van der Waals surface area contributed by atoms with Gasteiger partial charge in [-0.25, -0.2) is 4.79 Å². The molecule has 2 aromatic rings. The number of carbonyl (C=O) groups is 2. The first-order chi connectivity index (χ1) is 11.9. The van der Waals surface area contributed by atoms with Crippen molar-refractivity contribution in [3.05, 3.63) is 52.3 Å². The molecule has 7 nitrogen and oxygen atoms in total. The van der Waals surface area contributed by atoms with Crippen LogP contribution in [0.25, 0.3) is 0 Å². The van der Waals surface area contributed by atoms with Crippen LogP contribution in [0.3, 0.4) is 0 Å². The van der Waals surface area contributed by atoms with E-state index in [1.54, 1.807) is 11.9 Å². The summed E-state index contributed by atoms with van der Waals surface area (Å²) in [5.74, 6) is -1.47. The average Bonchev–Trinajstić information content (AvgIpc) is 2.99. The minimum atomic E-state index is -1.14. The molecule has 0 saturated carbocycles. The molecule has 0 spiro atoms. The third kappa shape index (κ3) is 4.00. The van der Waals surface area contributed by atoms with Gasteiger partial charge in [0.15, 0.2) is 5.69 Å². The fourth-order valence-corrected chi connectivity index (χ4v) is 3.04. The maximum atomic E-state index is 12.6. The largest absolute Gasteiger partial charge is 0.478 e. The molecule has 0 unspecified atom stereocenters. The van der Waals surface area contributed by atoms with Gasteiger partial charge >= 0.3 is 5.97 Å². The van der Waals surface area contributed by atoms with E-state index >= 15 is 0 Å². The van der Waals surface area contributed by atoms with Gasteiger partial charge in [-0.3, -0.25) is 14.4 Å². The molecule has 1 aromatic carbocycles. The highest BCUT2D eigenvalue weighted by molar-refractivity contribution is 6.30. The Labute approximate surface area is 150 Å². The predicted octanol–water partition coefficient (Wildman–Crippen LogP) is 1.73. The van der Waals surface area contributed by atoms with Crippen molar-refractivity contribution in [1.29, 1.82) is 0 Å². The van der Waals surface area contributed by atoms with E-state index in [2.05, 4.69) is 10.00 Å². The molecule has 1 amide bonds. The van der Waals surface area contributed by atoms with E-state index < -0.39 is 5.97 Å². The summed E-state index contributed by atoms with van der Waals surface area (Å²) in [5.41, 5.74) is 1.11. The highest BCUT2D eigenvalue weighted by Crippen LogP contribution is 2.15. The van der Waals surface area contributed by atoms with Gasteiger partial charge < -0.3 is 10.0 Å². The second-order valence-electron chi connectivity index (χ2n) is 6.07. The van der Waals surface area contributed by atoms with Crippen LogP contribution < -0.4 is 0 Å². The maximum Gasteiger partial charge on any atom is 0.339 e. The minimum absolute atomic E-state index is 0.00107. The van der Waals surface area contributed by atoms with Crippen molar-refractivity contribution >= 4 is 23.5 Å². The molecule has 1 aliphatic heterocycles. The summed E-state index contributed by atoms with van der Waals surface area (Å²) in [5, 5.41) is 13.9. The van der Waals surface area contributed by atoms with Gasteiger partial charge in [-0.15, -0.1) is 0 Å². The summed E-state index contributed by atoms with van der Waals surface area (Å²) in [6, 6.07) is 7.72. The number of hydrogen-bond donors (Lipinski definition) is 1. The molecule has 0 atom stereocenters. The highest BCUT2D eigenvalue weighted by Gasteiger charge is 2.28. The quantitative estimate of drug-likeness (QED) is 0.896. The molecule has 3 rings (SSSR count). The standard InChI is InChI=1S/C17H19ClN4O3/c1-20-11-14(17(24)25)15(19-20)16(23)22-8-6-21(7-9-22)10-12-2-4-13(18)5-3-12/h2-5,11H,6-10H2,1H3,(H,24,25). The van der Waals surface area contributed by atoms with Crippen LogP contribution in [0.5, 0.6) is 0 Å². The van der Waals surface area contributed by atoms with Gasteiger partial charge in [0.1, 0.15) is 5.56 Å². The van der Waals surface area contributed by atoms with Crippen LogP contribution in [0.4, 0.5) is 0 Å². The van der Waals surface area contributed by atoms with Crippen LogP contribution in [0.15, 0.2) is 30.5 Å². The summed E-state index contributed by atoms with van der Waals surface area (Å²) in [7, 11) is 1.60.